The van der Waals surface area contributed by atoms with Crippen LogP contribution in [0, 0.1) is 0 Å². The molecule has 0 aromatic heterocycles. The van der Waals surface area contributed by atoms with Crippen LogP contribution in [-0.2, 0) is 9.59 Å². The van der Waals surface area contributed by atoms with Gasteiger partial charge in [0.2, 0.25) is 0 Å². The van der Waals surface area contributed by atoms with Gasteiger partial charge in [-0.05, 0) is 42.8 Å². The topological polar surface area (TPSA) is 94.5 Å². The van der Waals surface area contributed by atoms with Gasteiger partial charge in [-0.1, -0.05) is 31.2 Å². The fourth-order valence-electron chi connectivity index (χ4n) is 4.57. The smallest absolute Gasteiger partial charge is 0.300 e. The molecule has 2 heterocycles. The number of aliphatic hydroxyl groups excluding tert-OH is 1. The number of carbonyl (C=O) groups excluding carboxylic acids is 2. The zero-order chi connectivity index (χ0) is 25.9. The van der Waals surface area contributed by atoms with Crippen LogP contribution in [0.1, 0.15) is 30.5 Å². The Labute approximate surface area is 214 Å². The van der Waals surface area contributed by atoms with E-state index in [9.17, 15) is 14.7 Å². The molecule has 5 rings (SSSR count). The van der Waals surface area contributed by atoms with E-state index < -0.39 is 17.7 Å². The lowest BCUT2D eigenvalue weighted by Gasteiger charge is -2.27. The summed E-state index contributed by atoms with van der Waals surface area (Å²) in [5, 5.41) is 11.5. The van der Waals surface area contributed by atoms with Crippen molar-refractivity contribution in [2.24, 2.45) is 0 Å². The van der Waals surface area contributed by atoms with Crippen LogP contribution in [0.4, 0.5) is 5.69 Å². The standard InChI is InChI=1S/C29H27NO7/c1-3-13-35-20-8-6-7-19(17-20)30-26(21-9-4-5-10-22(21)34-2)25(28(32)29(30)33)27(31)18-11-12-23-24(16-18)37-15-14-36-23/h4-12,16-17,26,31H,3,13-15H2,1-2H3/b27-25+. The molecule has 3 aromatic rings. The first kappa shape index (κ1) is 24.2. The number of nitrogens with zero attached hydrogens (tertiary/aromatic N) is 1. The zero-order valence-electron chi connectivity index (χ0n) is 20.6. The van der Waals surface area contributed by atoms with E-state index in [0.29, 0.717) is 59.6 Å². The first-order chi connectivity index (χ1) is 18.0. The molecule has 1 atom stereocenters. The molecule has 1 fully saturated rings. The Morgan fingerprint density at radius 2 is 1.78 bits per heavy atom. The number of hydrogen-bond acceptors (Lipinski definition) is 7. The van der Waals surface area contributed by atoms with E-state index in [1.165, 1.54) is 12.0 Å². The summed E-state index contributed by atoms with van der Waals surface area (Å²) in [6.07, 6.45) is 0.825. The van der Waals surface area contributed by atoms with Gasteiger partial charge in [0.1, 0.15) is 30.5 Å². The van der Waals surface area contributed by atoms with E-state index in [4.69, 9.17) is 18.9 Å². The van der Waals surface area contributed by atoms with Crippen molar-refractivity contribution in [1.29, 1.82) is 0 Å². The maximum absolute atomic E-state index is 13.5. The van der Waals surface area contributed by atoms with Crippen molar-refractivity contribution in [3.8, 4) is 23.0 Å². The third-order valence-electron chi connectivity index (χ3n) is 6.26. The van der Waals surface area contributed by atoms with Crippen LogP contribution >= 0.6 is 0 Å². The molecule has 190 valence electrons. The predicted molar refractivity (Wildman–Crippen MR) is 137 cm³/mol. The SMILES string of the molecule is CCCOc1cccc(N2C(=O)C(=O)/C(=C(/O)c3ccc4c(c3)OCCO4)C2c2ccccc2OC)c1. The van der Waals surface area contributed by atoms with Crippen LogP contribution in [0.5, 0.6) is 23.0 Å². The number of hydrogen-bond donors (Lipinski definition) is 1. The Kier molecular flexibility index (Phi) is 6.72. The minimum Gasteiger partial charge on any atom is -0.507 e. The molecular formula is C29H27NO7. The molecule has 0 radical (unpaired) electrons. The van der Waals surface area contributed by atoms with Crippen LogP contribution in [0.25, 0.3) is 5.76 Å². The van der Waals surface area contributed by atoms with E-state index >= 15 is 0 Å². The Hall–Kier alpha value is -4.46. The van der Waals surface area contributed by atoms with Gasteiger partial charge < -0.3 is 24.1 Å². The predicted octanol–water partition coefficient (Wildman–Crippen LogP) is 4.88. The largest absolute Gasteiger partial charge is 0.507 e. The first-order valence-electron chi connectivity index (χ1n) is 12.1. The summed E-state index contributed by atoms with van der Waals surface area (Å²) in [7, 11) is 1.52. The number of para-hydroxylation sites is 1. The fourth-order valence-corrected chi connectivity index (χ4v) is 4.57. The maximum atomic E-state index is 13.5. The monoisotopic (exact) mass is 501 g/mol. The van der Waals surface area contributed by atoms with Crippen LogP contribution in [0.2, 0.25) is 0 Å². The normalized spacial score (nSPS) is 18.1. The number of amides is 1. The lowest BCUT2D eigenvalue weighted by atomic mass is 9.94. The van der Waals surface area contributed by atoms with E-state index in [-0.39, 0.29) is 11.3 Å². The Morgan fingerprint density at radius 1 is 1.00 bits per heavy atom. The van der Waals surface area contributed by atoms with Crippen LogP contribution in [-0.4, -0.2) is 43.7 Å². The van der Waals surface area contributed by atoms with Crippen LogP contribution in [0.15, 0.2) is 72.3 Å². The Morgan fingerprint density at radius 3 is 2.57 bits per heavy atom. The van der Waals surface area contributed by atoms with Crippen molar-refractivity contribution < 1.29 is 33.6 Å². The molecule has 2 aliphatic rings. The fraction of sp³-hybridized carbons (Fsp3) is 0.241. The van der Waals surface area contributed by atoms with Gasteiger partial charge >= 0.3 is 0 Å². The molecule has 2 aliphatic heterocycles. The van der Waals surface area contributed by atoms with Gasteiger partial charge in [0.15, 0.2) is 11.5 Å². The number of benzene rings is 3. The summed E-state index contributed by atoms with van der Waals surface area (Å²) in [5.41, 5.74) is 1.31. The number of methoxy groups -OCH3 is 1. The van der Waals surface area contributed by atoms with Crippen LogP contribution < -0.4 is 23.8 Å². The number of fused-ring (bicyclic) bond motifs is 1. The molecule has 0 bridgehead atoms. The minimum atomic E-state index is -0.939. The van der Waals surface area contributed by atoms with Gasteiger partial charge in [0.25, 0.3) is 11.7 Å². The highest BCUT2D eigenvalue weighted by atomic mass is 16.6. The van der Waals surface area contributed by atoms with Gasteiger partial charge in [-0.3, -0.25) is 14.5 Å². The van der Waals surface area contributed by atoms with E-state index in [2.05, 4.69) is 0 Å². The summed E-state index contributed by atoms with van der Waals surface area (Å²) in [6.45, 7) is 3.32. The molecule has 1 saturated heterocycles. The van der Waals surface area contributed by atoms with Crippen molar-refractivity contribution in [2.75, 3.05) is 31.8 Å². The lowest BCUT2D eigenvalue weighted by Crippen LogP contribution is -2.29. The average Bonchev–Trinajstić information content (AvgIpc) is 3.21. The molecule has 37 heavy (non-hydrogen) atoms. The van der Waals surface area contributed by atoms with Gasteiger partial charge in [-0.25, -0.2) is 0 Å². The highest BCUT2D eigenvalue weighted by Crippen LogP contribution is 2.46. The van der Waals surface area contributed by atoms with Crippen molar-refractivity contribution in [3.63, 3.8) is 0 Å². The number of anilines is 1. The summed E-state index contributed by atoms with van der Waals surface area (Å²) in [4.78, 5) is 28.4. The number of carbonyl (C=O) groups is 2. The first-order valence-corrected chi connectivity index (χ1v) is 12.1. The molecule has 0 spiro atoms. The van der Waals surface area contributed by atoms with Gasteiger partial charge in [-0.15, -0.1) is 0 Å². The third kappa shape index (κ3) is 4.46. The summed E-state index contributed by atoms with van der Waals surface area (Å²) in [5.74, 6) is 0.184. The number of aliphatic hydroxyl groups is 1. The number of ketones is 1. The number of Topliss-reactive ketones (excluding diaryl/α,β-unsaturated/α-hetero) is 1. The highest BCUT2D eigenvalue weighted by molar-refractivity contribution is 6.51. The molecule has 1 unspecified atom stereocenters. The van der Waals surface area contributed by atoms with E-state index in [1.807, 2.05) is 6.92 Å². The highest BCUT2D eigenvalue weighted by Gasteiger charge is 2.48. The summed E-state index contributed by atoms with van der Waals surface area (Å²) >= 11 is 0. The summed E-state index contributed by atoms with van der Waals surface area (Å²) in [6, 6.07) is 18.1. The van der Waals surface area contributed by atoms with Crippen molar-refractivity contribution in [2.45, 2.75) is 19.4 Å². The van der Waals surface area contributed by atoms with Gasteiger partial charge in [0.05, 0.1) is 25.3 Å². The van der Waals surface area contributed by atoms with Gasteiger partial charge in [0, 0.05) is 22.9 Å². The number of rotatable bonds is 7. The van der Waals surface area contributed by atoms with E-state index in [1.54, 1.807) is 66.7 Å². The van der Waals surface area contributed by atoms with E-state index in [0.717, 1.165) is 6.42 Å². The molecule has 0 aliphatic carbocycles. The second kappa shape index (κ2) is 10.3. The second-order valence-corrected chi connectivity index (χ2v) is 8.62. The molecule has 1 N–H and O–H groups in total. The van der Waals surface area contributed by atoms with Crippen LogP contribution in [0.3, 0.4) is 0 Å². The van der Waals surface area contributed by atoms with Crippen molar-refractivity contribution in [1.82, 2.24) is 0 Å². The zero-order valence-corrected chi connectivity index (χ0v) is 20.6. The molecular weight excluding hydrogens is 474 g/mol. The summed E-state index contributed by atoms with van der Waals surface area (Å²) < 4.78 is 22.6. The number of ether oxygens (including phenoxy) is 4. The van der Waals surface area contributed by atoms with Crippen molar-refractivity contribution in [3.05, 3.63) is 83.4 Å². The Balaban J connectivity index is 1.68. The van der Waals surface area contributed by atoms with Crippen molar-refractivity contribution >= 4 is 23.1 Å². The molecule has 1 amide bonds. The Bertz CT molecular complexity index is 1380. The molecule has 8 heteroatoms. The quantitative estimate of drug-likeness (QED) is 0.280. The van der Waals surface area contributed by atoms with Gasteiger partial charge in [-0.2, -0.15) is 0 Å². The minimum absolute atomic E-state index is 0.0499. The second-order valence-electron chi connectivity index (χ2n) is 8.62. The average molecular weight is 502 g/mol. The molecule has 8 nitrogen and oxygen atoms in total. The third-order valence-corrected chi connectivity index (χ3v) is 6.26. The molecule has 0 saturated carbocycles. The lowest BCUT2D eigenvalue weighted by molar-refractivity contribution is -0.132. The maximum Gasteiger partial charge on any atom is 0.300 e. The molecule has 3 aromatic carbocycles.